The highest BCUT2D eigenvalue weighted by atomic mass is 16.6. The lowest BCUT2D eigenvalue weighted by molar-refractivity contribution is 0.0939. The maximum atomic E-state index is 12.8. The lowest BCUT2D eigenvalue weighted by Crippen LogP contribution is -2.26. The highest BCUT2D eigenvalue weighted by Crippen LogP contribution is 2.32. The summed E-state index contributed by atoms with van der Waals surface area (Å²) in [4.78, 5) is 12.8. The van der Waals surface area contributed by atoms with Crippen LogP contribution in [-0.2, 0) is 6.61 Å². The van der Waals surface area contributed by atoms with E-state index in [0.29, 0.717) is 36.9 Å². The SMILES string of the molecule is Cc1noc(C)c1COc1cccc(C(=O)NC(C)c2ccc3c(c2)OCCO3)c1. The van der Waals surface area contributed by atoms with E-state index in [0.717, 1.165) is 28.3 Å². The molecular formula is C23H24N2O5. The van der Waals surface area contributed by atoms with Crippen LogP contribution in [0, 0.1) is 13.8 Å². The van der Waals surface area contributed by atoms with Gasteiger partial charge in [0.25, 0.3) is 5.91 Å². The van der Waals surface area contributed by atoms with E-state index < -0.39 is 0 Å². The van der Waals surface area contributed by atoms with Crippen LogP contribution in [0.3, 0.4) is 0 Å². The first-order valence-electron chi connectivity index (χ1n) is 9.86. The number of hydrogen-bond acceptors (Lipinski definition) is 6. The number of nitrogens with zero attached hydrogens (tertiary/aromatic N) is 1. The third-order valence-electron chi connectivity index (χ3n) is 5.07. The molecule has 1 amide bonds. The first kappa shape index (κ1) is 19.8. The zero-order valence-electron chi connectivity index (χ0n) is 17.2. The zero-order valence-corrected chi connectivity index (χ0v) is 17.2. The van der Waals surface area contributed by atoms with Crippen LogP contribution < -0.4 is 19.5 Å². The van der Waals surface area contributed by atoms with Gasteiger partial charge in [0, 0.05) is 5.56 Å². The number of rotatable bonds is 6. The van der Waals surface area contributed by atoms with Crippen LogP contribution in [0.25, 0.3) is 0 Å². The van der Waals surface area contributed by atoms with Crippen molar-refractivity contribution in [1.82, 2.24) is 10.5 Å². The van der Waals surface area contributed by atoms with Gasteiger partial charge in [-0.2, -0.15) is 0 Å². The summed E-state index contributed by atoms with van der Waals surface area (Å²) in [7, 11) is 0. The molecule has 1 N–H and O–H groups in total. The largest absolute Gasteiger partial charge is 0.489 e. The Balaban J connectivity index is 1.41. The van der Waals surface area contributed by atoms with Gasteiger partial charge in [-0.15, -0.1) is 0 Å². The summed E-state index contributed by atoms with van der Waals surface area (Å²) in [5.41, 5.74) is 3.18. The molecule has 0 spiro atoms. The number of aromatic nitrogens is 1. The second-order valence-corrected chi connectivity index (χ2v) is 7.22. The van der Waals surface area contributed by atoms with Crippen LogP contribution >= 0.6 is 0 Å². The van der Waals surface area contributed by atoms with Gasteiger partial charge in [0.15, 0.2) is 11.5 Å². The molecule has 2 heterocycles. The van der Waals surface area contributed by atoms with Gasteiger partial charge in [0.2, 0.25) is 0 Å². The number of aryl methyl sites for hydroxylation is 2. The van der Waals surface area contributed by atoms with E-state index in [2.05, 4.69) is 10.5 Å². The van der Waals surface area contributed by atoms with Crippen LogP contribution in [0.4, 0.5) is 0 Å². The van der Waals surface area contributed by atoms with E-state index >= 15 is 0 Å². The first-order valence-corrected chi connectivity index (χ1v) is 9.86. The van der Waals surface area contributed by atoms with Crippen molar-refractivity contribution in [2.75, 3.05) is 13.2 Å². The summed E-state index contributed by atoms with van der Waals surface area (Å²) in [6.45, 7) is 7.06. The molecule has 156 valence electrons. The van der Waals surface area contributed by atoms with Crippen LogP contribution in [0.5, 0.6) is 17.2 Å². The number of amides is 1. The third-order valence-corrected chi connectivity index (χ3v) is 5.07. The highest BCUT2D eigenvalue weighted by molar-refractivity contribution is 5.94. The van der Waals surface area contributed by atoms with Gasteiger partial charge in [-0.25, -0.2) is 0 Å². The molecule has 0 radical (unpaired) electrons. The summed E-state index contributed by atoms with van der Waals surface area (Å²) in [5, 5.41) is 6.95. The number of carbonyl (C=O) groups is 1. The lowest BCUT2D eigenvalue weighted by atomic mass is 10.1. The van der Waals surface area contributed by atoms with Crippen molar-refractivity contribution in [3.63, 3.8) is 0 Å². The first-order chi connectivity index (χ1) is 14.5. The van der Waals surface area contributed by atoms with E-state index in [-0.39, 0.29) is 11.9 Å². The van der Waals surface area contributed by atoms with E-state index in [1.54, 1.807) is 18.2 Å². The Hall–Kier alpha value is -3.48. The van der Waals surface area contributed by atoms with Gasteiger partial charge >= 0.3 is 0 Å². The van der Waals surface area contributed by atoms with Gasteiger partial charge in [-0.05, 0) is 56.7 Å². The van der Waals surface area contributed by atoms with Gasteiger partial charge in [-0.3, -0.25) is 4.79 Å². The maximum absolute atomic E-state index is 12.8. The Morgan fingerprint density at radius 2 is 1.93 bits per heavy atom. The molecule has 1 aromatic heterocycles. The average molecular weight is 408 g/mol. The van der Waals surface area contributed by atoms with Crippen LogP contribution in [0.15, 0.2) is 47.0 Å². The van der Waals surface area contributed by atoms with Crippen molar-refractivity contribution in [3.05, 3.63) is 70.6 Å². The summed E-state index contributed by atoms with van der Waals surface area (Å²) in [6, 6.07) is 12.6. The molecule has 1 atom stereocenters. The van der Waals surface area contributed by atoms with E-state index in [9.17, 15) is 4.79 Å². The second-order valence-electron chi connectivity index (χ2n) is 7.22. The summed E-state index contributed by atoms with van der Waals surface area (Å²) < 4.78 is 22.2. The molecule has 1 unspecified atom stereocenters. The standard InChI is InChI=1S/C23H24N2O5/c1-14(17-7-8-21-22(12-17)28-10-9-27-21)24-23(26)18-5-4-6-19(11-18)29-13-20-15(2)25-30-16(20)3/h4-8,11-12,14H,9-10,13H2,1-3H3,(H,24,26). The molecule has 0 aliphatic carbocycles. The predicted octanol–water partition coefficient (Wildman–Crippen LogP) is 4.13. The molecule has 1 aliphatic heterocycles. The minimum absolute atomic E-state index is 0.180. The molecule has 3 aromatic rings. The fraction of sp³-hybridized carbons (Fsp3) is 0.304. The van der Waals surface area contributed by atoms with Crippen molar-refractivity contribution < 1.29 is 23.5 Å². The maximum Gasteiger partial charge on any atom is 0.251 e. The van der Waals surface area contributed by atoms with Crippen LogP contribution in [0.1, 0.15) is 45.9 Å². The third kappa shape index (κ3) is 4.25. The molecule has 30 heavy (non-hydrogen) atoms. The van der Waals surface area contributed by atoms with Crippen LogP contribution in [-0.4, -0.2) is 24.3 Å². The molecule has 0 bridgehead atoms. The Kier molecular flexibility index (Phi) is 5.61. The van der Waals surface area contributed by atoms with Crippen LogP contribution in [0.2, 0.25) is 0 Å². The number of ether oxygens (including phenoxy) is 3. The van der Waals surface area contributed by atoms with Gasteiger partial charge in [0.05, 0.1) is 17.3 Å². The summed E-state index contributed by atoms with van der Waals surface area (Å²) >= 11 is 0. The van der Waals surface area contributed by atoms with Crippen molar-refractivity contribution in [2.24, 2.45) is 0 Å². The van der Waals surface area contributed by atoms with Crippen molar-refractivity contribution >= 4 is 5.91 Å². The second kappa shape index (κ2) is 8.49. The number of nitrogens with one attached hydrogen (secondary N) is 1. The predicted molar refractivity (Wildman–Crippen MR) is 110 cm³/mol. The lowest BCUT2D eigenvalue weighted by Gasteiger charge is -2.21. The fourth-order valence-electron chi connectivity index (χ4n) is 3.28. The van der Waals surface area contributed by atoms with Crippen molar-refractivity contribution in [2.45, 2.75) is 33.4 Å². The topological polar surface area (TPSA) is 82.8 Å². The number of fused-ring (bicyclic) bond motifs is 1. The quantitative estimate of drug-likeness (QED) is 0.660. The Bertz CT molecular complexity index is 1040. The molecule has 0 saturated carbocycles. The molecule has 7 nitrogen and oxygen atoms in total. The normalized spacial score (nSPS) is 13.6. The fourth-order valence-corrected chi connectivity index (χ4v) is 3.28. The Labute approximate surface area is 174 Å². The molecule has 7 heteroatoms. The molecule has 2 aromatic carbocycles. The molecular weight excluding hydrogens is 384 g/mol. The monoisotopic (exact) mass is 408 g/mol. The van der Waals surface area contributed by atoms with Crippen molar-refractivity contribution in [3.8, 4) is 17.2 Å². The van der Waals surface area contributed by atoms with E-state index in [1.807, 2.05) is 45.0 Å². The van der Waals surface area contributed by atoms with Crippen molar-refractivity contribution in [1.29, 1.82) is 0 Å². The van der Waals surface area contributed by atoms with Gasteiger partial charge in [-0.1, -0.05) is 17.3 Å². The number of benzene rings is 2. The van der Waals surface area contributed by atoms with E-state index in [4.69, 9.17) is 18.7 Å². The molecule has 1 aliphatic rings. The minimum atomic E-state index is -0.194. The number of hydrogen-bond donors (Lipinski definition) is 1. The minimum Gasteiger partial charge on any atom is -0.489 e. The zero-order chi connectivity index (χ0) is 21.1. The van der Waals surface area contributed by atoms with Gasteiger partial charge < -0.3 is 24.1 Å². The van der Waals surface area contributed by atoms with Gasteiger partial charge in [0.1, 0.15) is 31.3 Å². The molecule has 4 rings (SSSR count). The highest BCUT2D eigenvalue weighted by Gasteiger charge is 2.17. The molecule has 0 fully saturated rings. The Morgan fingerprint density at radius 1 is 1.13 bits per heavy atom. The Morgan fingerprint density at radius 3 is 2.70 bits per heavy atom. The number of carbonyl (C=O) groups excluding carboxylic acids is 1. The summed E-state index contributed by atoms with van der Waals surface area (Å²) in [6.07, 6.45) is 0. The van der Waals surface area contributed by atoms with E-state index in [1.165, 1.54) is 0 Å². The summed E-state index contributed by atoms with van der Waals surface area (Å²) in [5.74, 6) is 2.59. The molecule has 0 saturated heterocycles. The smallest absolute Gasteiger partial charge is 0.251 e. The average Bonchev–Trinajstić information content (AvgIpc) is 3.09.